The Balaban J connectivity index is 1.73. The number of esters is 1. The lowest BCUT2D eigenvalue weighted by atomic mass is 10.0. The SMILES string of the molecule is COC(=O)C=Cc1ccc2c(c1)CCC2N(CCO)CCc1ccccc1F. The number of aryl methyl sites for hydroxylation is 1. The molecule has 2 aromatic carbocycles. The minimum atomic E-state index is -0.374. The zero-order valence-corrected chi connectivity index (χ0v) is 16.1. The first-order valence-corrected chi connectivity index (χ1v) is 9.59. The molecule has 3 rings (SSSR count). The van der Waals surface area contributed by atoms with E-state index in [0.717, 1.165) is 18.4 Å². The number of halogens is 1. The van der Waals surface area contributed by atoms with Gasteiger partial charge in [0.15, 0.2) is 0 Å². The van der Waals surface area contributed by atoms with E-state index in [1.807, 2.05) is 18.2 Å². The fourth-order valence-electron chi connectivity index (χ4n) is 3.85. The van der Waals surface area contributed by atoms with Crippen molar-refractivity contribution in [1.29, 1.82) is 0 Å². The Kier molecular flexibility index (Phi) is 6.95. The number of hydrogen-bond acceptors (Lipinski definition) is 4. The van der Waals surface area contributed by atoms with Gasteiger partial charge in [-0.3, -0.25) is 4.90 Å². The molecule has 0 fully saturated rings. The second-order valence-corrected chi connectivity index (χ2v) is 6.97. The topological polar surface area (TPSA) is 49.8 Å². The molecular formula is C23H26FNO3. The highest BCUT2D eigenvalue weighted by atomic mass is 19.1. The van der Waals surface area contributed by atoms with E-state index in [0.29, 0.717) is 25.1 Å². The first kappa shape index (κ1) is 20.2. The molecule has 0 aliphatic heterocycles. The van der Waals surface area contributed by atoms with Crippen LogP contribution in [0.1, 0.15) is 34.7 Å². The number of benzene rings is 2. The molecule has 0 bridgehead atoms. The zero-order valence-electron chi connectivity index (χ0n) is 16.1. The third-order valence-corrected chi connectivity index (χ3v) is 5.28. The van der Waals surface area contributed by atoms with Gasteiger partial charge >= 0.3 is 5.97 Å². The molecule has 0 saturated heterocycles. The number of methoxy groups -OCH3 is 1. The van der Waals surface area contributed by atoms with E-state index in [-0.39, 0.29) is 24.4 Å². The maximum absolute atomic E-state index is 13.9. The minimum Gasteiger partial charge on any atom is -0.466 e. The third kappa shape index (κ3) is 4.86. The molecule has 2 aromatic rings. The van der Waals surface area contributed by atoms with E-state index in [9.17, 15) is 14.3 Å². The number of hydrogen-bond donors (Lipinski definition) is 1. The monoisotopic (exact) mass is 383 g/mol. The highest BCUT2D eigenvalue weighted by Gasteiger charge is 2.27. The van der Waals surface area contributed by atoms with Gasteiger partial charge in [0.1, 0.15) is 5.82 Å². The maximum atomic E-state index is 13.9. The number of carbonyl (C=O) groups excluding carboxylic acids is 1. The molecular weight excluding hydrogens is 357 g/mol. The molecule has 1 unspecified atom stereocenters. The number of rotatable bonds is 8. The Morgan fingerprint density at radius 3 is 2.86 bits per heavy atom. The highest BCUT2D eigenvalue weighted by molar-refractivity contribution is 5.86. The summed E-state index contributed by atoms with van der Waals surface area (Å²) < 4.78 is 18.6. The number of aliphatic hydroxyl groups is 1. The summed E-state index contributed by atoms with van der Waals surface area (Å²) >= 11 is 0. The van der Waals surface area contributed by atoms with Gasteiger partial charge in [-0.25, -0.2) is 9.18 Å². The van der Waals surface area contributed by atoms with Gasteiger partial charge < -0.3 is 9.84 Å². The molecule has 4 nitrogen and oxygen atoms in total. The summed E-state index contributed by atoms with van der Waals surface area (Å²) in [6.45, 7) is 1.32. The lowest BCUT2D eigenvalue weighted by Crippen LogP contribution is -2.32. The average Bonchev–Trinajstić information content (AvgIpc) is 3.13. The molecule has 5 heteroatoms. The average molecular weight is 383 g/mol. The molecule has 0 saturated carbocycles. The molecule has 1 N–H and O–H groups in total. The van der Waals surface area contributed by atoms with Crippen LogP contribution in [0, 0.1) is 5.82 Å². The lowest BCUT2D eigenvalue weighted by molar-refractivity contribution is -0.134. The summed E-state index contributed by atoms with van der Waals surface area (Å²) in [6.07, 6.45) is 5.69. The van der Waals surface area contributed by atoms with Crippen LogP contribution >= 0.6 is 0 Å². The maximum Gasteiger partial charge on any atom is 0.330 e. The Hall–Kier alpha value is -2.50. The molecule has 0 heterocycles. The molecule has 1 aliphatic rings. The summed E-state index contributed by atoms with van der Waals surface area (Å²) in [5.41, 5.74) is 4.17. The van der Waals surface area contributed by atoms with Gasteiger partial charge in [-0.05, 0) is 53.7 Å². The number of nitrogens with zero attached hydrogens (tertiary/aromatic N) is 1. The summed E-state index contributed by atoms with van der Waals surface area (Å²) in [5.74, 6) is -0.555. The Morgan fingerprint density at radius 1 is 1.29 bits per heavy atom. The predicted molar refractivity (Wildman–Crippen MR) is 107 cm³/mol. The van der Waals surface area contributed by atoms with Gasteiger partial charge in [-0.1, -0.05) is 36.4 Å². The smallest absolute Gasteiger partial charge is 0.330 e. The standard InChI is InChI=1S/C23H26FNO3/c1-28-23(27)11-7-17-6-9-20-19(16-17)8-10-22(20)25(14-15-26)13-12-18-4-2-3-5-21(18)24/h2-7,9,11,16,22,26H,8,10,12-15H2,1H3. The van der Waals surface area contributed by atoms with Crippen molar-refractivity contribution in [3.63, 3.8) is 0 Å². The molecule has 1 atom stereocenters. The predicted octanol–water partition coefficient (Wildman–Crippen LogP) is 3.54. The Labute approximate surface area is 165 Å². The van der Waals surface area contributed by atoms with E-state index in [4.69, 9.17) is 0 Å². The van der Waals surface area contributed by atoms with Gasteiger partial charge in [-0.15, -0.1) is 0 Å². The molecule has 0 radical (unpaired) electrons. The second kappa shape index (κ2) is 9.62. The quantitative estimate of drug-likeness (QED) is 0.560. The first-order chi connectivity index (χ1) is 13.6. The molecule has 0 spiro atoms. The van der Waals surface area contributed by atoms with Gasteiger partial charge in [0, 0.05) is 25.2 Å². The van der Waals surface area contributed by atoms with Crippen LogP contribution in [0.25, 0.3) is 6.08 Å². The Morgan fingerprint density at radius 2 is 2.11 bits per heavy atom. The van der Waals surface area contributed by atoms with Crippen molar-refractivity contribution in [2.24, 2.45) is 0 Å². The fraction of sp³-hybridized carbons (Fsp3) is 0.348. The van der Waals surface area contributed by atoms with Crippen LogP contribution in [0.4, 0.5) is 4.39 Å². The summed E-state index contributed by atoms with van der Waals surface area (Å²) in [7, 11) is 1.36. The van der Waals surface area contributed by atoms with Crippen LogP contribution in [-0.2, 0) is 22.4 Å². The van der Waals surface area contributed by atoms with Crippen LogP contribution in [0.15, 0.2) is 48.5 Å². The summed E-state index contributed by atoms with van der Waals surface area (Å²) in [4.78, 5) is 13.5. The van der Waals surface area contributed by atoms with Crippen molar-refractivity contribution >= 4 is 12.0 Å². The van der Waals surface area contributed by atoms with Crippen LogP contribution in [0.3, 0.4) is 0 Å². The van der Waals surface area contributed by atoms with Crippen molar-refractivity contribution in [1.82, 2.24) is 4.90 Å². The second-order valence-electron chi connectivity index (χ2n) is 6.97. The normalized spacial score (nSPS) is 15.9. The van der Waals surface area contributed by atoms with Crippen LogP contribution in [-0.4, -0.2) is 42.8 Å². The number of carbonyl (C=O) groups is 1. The summed E-state index contributed by atoms with van der Waals surface area (Å²) in [6, 6.07) is 13.2. The number of aliphatic hydroxyl groups excluding tert-OH is 1. The van der Waals surface area contributed by atoms with Crippen molar-refractivity contribution in [3.05, 3.63) is 76.6 Å². The molecule has 28 heavy (non-hydrogen) atoms. The van der Waals surface area contributed by atoms with Gasteiger partial charge in [0.25, 0.3) is 0 Å². The fourth-order valence-corrected chi connectivity index (χ4v) is 3.85. The highest BCUT2D eigenvalue weighted by Crippen LogP contribution is 2.36. The first-order valence-electron chi connectivity index (χ1n) is 9.59. The van der Waals surface area contributed by atoms with Crippen LogP contribution in [0.2, 0.25) is 0 Å². The molecule has 1 aliphatic carbocycles. The van der Waals surface area contributed by atoms with E-state index < -0.39 is 0 Å². The van der Waals surface area contributed by atoms with Crippen LogP contribution < -0.4 is 0 Å². The molecule has 0 amide bonds. The van der Waals surface area contributed by atoms with Crippen molar-refractivity contribution in [2.45, 2.75) is 25.3 Å². The van der Waals surface area contributed by atoms with E-state index in [1.54, 1.807) is 12.1 Å². The summed E-state index contributed by atoms with van der Waals surface area (Å²) in [5, 5.41) is 9.52. The lowest BCUT2D eigenvalue weighted by Gasteiger charge is -2.29. The van der Waals surface area contributed by atoms with Gasteiger partial charge in [0.05, 0.1) is 13.7 Å². The number of fused-ring (bicyclic) bond motifs is 1. The van der Waals surface area contributed by atoms with Crippen LogP contribution in [0.5, 0.6) is 0 Å². The number of ether oxygens (including phenoxy) is 1. The third-order valence-electron chi connectivity index (χ3n) is 5.28. The van der Waals surface area contributed by atoms with E-state index in [1.165, 1.54) is 30.4 Å². The van der Waals surface area contributed by atoms with E-state index in [2.05, 4.69) is 21.8 Å². The van der Waals surface area contributed by atoms with Crippen molar-refractivity contribution in [3.8, 4) is 0 Å². The zero-order chi connectivity index (χ0) is 19.9. The molecule has 148 valence electrons. The van der Waals surface area contributed by atoms with Crippen molar-refractivity contribution in [2.75, 3.05) is 26.8 Å². The van der Waals surface area contributed by atoms with E-state index >= 15 is 0 Å². The largest absolute Gasteiger partial charge is 0.466 e. The van der Waals surface area contributed by atoms with Crippen molar-refractivity contribution < 1.29 is 19.0 Å². The minimum absolute atomic E-state index is 0.0725. The Bertz CT molecular complexity index is 849. The van der Waals surface area contributed by atoms with Gasteiger partial charge in [-0.2, -0.15) is 0 Å². The van der Waals surface area contributed by atoms with Gasteiger partial charge in [0.2, 0.25) is 0 Å². The molecule has 0 aromatic heterocycles.